The smallest absolute Gasteiger partial charge is 0.194 e. The lowest BCUT2D eigenvalue weighted by Gasteiger charge is -2.35. The predicted molar refractivity (Wildman–Crippen MR) is 52.3 cm³/mol. The number of rotatable bonds is 2. The maximum atomic E-state index is 6.31. The van der Waals surface area contributed by atoms with Crippen LogP contribution in [0.3, 0.4) is 0 Å². The molecule has 78 valence electrons. The van der Waals surface area contributed by atoms with E-state index in [-0.39, 0.29) is 5.54 Å². The SMILES string of the molecule is CCC1CCCC(N)(c2nn[nH]n2)C1. The molecular weight excluding hydrogens is 178 g/mol. The van der Waals surface area contributed by atoms with Crippen LogP contribution in [0.5, 0.6) is 0 Å². The van der Waals surface area contributed by atoms with Gasteiger partial charge in [0.25, 0.3) is 0 Å². The van der Waals surface area contributed by atoms with E-state index in [1.165, 1.54) is 19.3 Å². The summed E-state index contributed by atoms with van der Waals surface area (Å²) in [5, 5.41) is 14.1. The normalized spacial score (nSPS) is 33.1. The van der Waals surface area contributed by atoms with Gasteiger partial charge in [-0.05, 0) is 18.8 Å². The van der Waals surface area contributed by atoms with Gasteiger partial charge in [-0.25, -0.2) is 0 Å². The lowest BCUT2D eigenvalue weighted by molar-refractivity contribution is 0.211. The first-order chi connectivity index (χ1) is 6.74. The minimum Gasteiger partial charge on any atom is -0.319 e. The van der Waals surface area contributed by atoms with Crippen LogP contribution in [0.4, 0.5) is 0 Å². The Morgan fingerprint density at radius 1 is 1.64 bits per heavy atom. The molecule has 2 rings (SSSR count). The van der Waals surface area contributed by atoms with Crippen LogP contribution in [-0.2, 0) is 5.54 Å². The maximum absolute atomic E-state index is 6.31. The largest absolute Gasteiger partial charge is 0.319 e. The van der Waals surface area contributed by atoms with E-state index in [1.807, 2.05) is 0 Å². The van der Waals surface area contributed by atoms with Crippen LogP contribution >= 0.6 is 0 Å². The standard InChI is InChI=1S/C9H17N5/c1-2-7-4-3-5-9(10,6-7)8-11-13-14-12-8/h7H,2-6,10H2,1H3,(H,11,12,13,14). The summed E-state index contributed by atoms with van der Waals surface area (Å²) in [5.41, 5.74) is 5.96. The second kappa shape index (κ2) is 3.65. The fourth-order valence-electron chi connectivity index (χ4n) is 2.35. The molecule has 2 unspecified atom stereocenters. The molecule has 14 heavy (non-hydrogen) atoms. The first kappa shape index (κ1) is 9.58. The van der Waals surface area contributed by atoms with Gasteiger partial charge >= 0.3 is 0 Å². The highest BCUT2D eigenvalue weighted by Crippen LogP contribution is 2.37. The predicted octanol–water partition coefficient (Wildman–Crippen LogP) is 0.954. The minimum atomic E-state index is -0.341. The zero-order chi connectivity index (χ0) is 10.0. The molecule has 2 atom stereocenters. The Labute approximate surface area is 83.5 Å². The van der Waals surface area contributed by atoms with Crippen molar-refractivity contribution in [2.24, 2.45) is 11.7 Å². The van der Waals surface area contributed by atoms with Gasteiger partial charge in [0.2, 0.25) is 0 Å². The molecule has 1 fully saturated rings. The molecule has 0 spiro atoms. The lowest BCUT2D eigenvalue weighted by atomic mass is 9.75. The van der Waals surface area contributed by atoms with Gasteiger partial charge in [0.1, 0.15) is 0 Å². The van der Waals surface area contributed by atoms with Crippen molar-refractivity contribution >= 4 is 0 Å². The van der Waals surface area contributed by atoms with Crippen molar-refractivity contribution in [1.82, 2.24) is 20.6 Å². The number of aromatic nitrogens is 4. The van der Waals surface area contributed by atoms with Crippen molar-refractivity contribution in [2.45, 2.75) is 44.6 Å². The zero-order valence-electron chi connectivity index (χ0n) is 8.53. The Hall–Kier alpha value is -0.970. The summed E-state index contributed by atoms with van der Waals surface area (Å²) in [7, 11) is 0. The van der Waals surface area contributed by atoms with Gasteiger partial charge in [0, 0.05) is 0 Å². The van der Waals surface area contributed by atoms with Crippen molar-refractivity contribution in [1.29, 1.82) is 0 Å². The molecule has 5 heteroatoms. The highest BCUT2D eigenvalue weighted by Gasteiger charge is 2.36. The Kier molecular flexibility index (Phi) is 2.50. The molecule has 0 aromatic carbocycles. The van der Waals surface area contributed by atoms with Crippen LogP contribution in [0.25, 0.3) is 0 Å². The van der Waals surface area contributed by atoms with E-state index in [0.717, 1.165) is 12.8 Å². The quantitative estimate of drug-likeness (QED) is 0.736. The number of H-pyrrole nitrogens is 1. The number of nitrogens with one attached hydrogen (secondary N) is 1. The van der Waals surface area contributed by atoms with Gasteiger partial charge in [0.05, 0.1) is 5.54 Å². The highest BCUT2D eigenvalue weighted by atomic mass is 15.5. The number of nitrogens with two attached hydrogens (primary N) is 1. The Morgan fingerprint density at radius 2 is 2.50 bits per heavy atom. The monoisotopic (exact) mass is 195 g/mol. The Balaban J connectivity index is 2.15. The second-order valence-electron chi connectivity index (χ2n) is 4.26. The summed E-state index contributed by atoms with van der Waals surface area (Å²) >= 11 is 0. The lowest BCUT2D eigenvalue weighted by Crippen LogP contribution is -2.42. The number of tetrazole rings is 1. The molecule has 5 nitrogen and oxygen atoms in total. The van der Waals surface area contributed by atoms with E-state index in [4.69, 9.17) is 5.73 Å². The fourth-order valence-corrected chi connectivity index (χ4v) is 2.35. The summed E-state index contributed by atoms with van der Waals surface area (Å²) in [6.07, 6.45) is 5.61. The Morgan fingerprint density at radius 3 is 3.14 bits per heavy atom. The van der Waals surface area contributed by atoms with Crippen molar-refractivity contribution in [3.05, 3.63) is 5.82 Å². The summed E-state index contributed by atoms with van der Waals surface area (Å²) in [5.74, 6) is 1.39. The molecule has 0 saturated heterocycles. The van der Waals surface area contributed by atoms with Gasteiger partial charge in [-0.15, -0.1) is 10.2 Å². The third-order valence-corrected chi connectivity index (χ3v) is 3.26. The maximum Gasteiger partial charge on any atom is 0.194 e. The summed E-state index contributed by atoms with van der Waals surface area (Å²) in [4.78, 5) is 0. The summed E-state index contributed by atoms with van der Waals surface area (Å²) in [6.45, 7) is 2.21. The second-order valence-corrected chi connectivity index (χ2v) is 4.26. The van der Waals surface area contributed by atoms with E-state index in [2.05, 4.69) is 27.5 Å². The molecule has 1 heterocycles. The third-order valence-electron chi connectivity index (χ3n) is 3.26. The topological polar surface area (TPSA) is 80.5 Å². The van der Waals surface area contributed by atoms with Crippen molar-refractivity contribution in [3.63, 3.8) is 0 Å². The van der Waals surface area contributed by atoms with Crippen LogP contribution < -0.4 is 5.73 Å². The number of hydrogen-bond acceptors (Lipinski definition) is 4. The molecule has 1 aliphatic carbocycles. The van der Waals surface area contributed by atoms with Gasteiger partial charge in [0.15, 0.2) is 5.82 Å². The molecule has 1 aromatic rings. The average molecular weight is 195 g/mol. The number of hydrogen-bond donors (Lipinski definition) is 2. The first-order valence-electron chi connectivity index (χ1n) is 5.27. The molecule has 0 bridgehead atoms. The van der Waals surface area contributed by atoms with Gasteiger partial charge in [-0.2, -0.15) is 5.21 Å². The summed E-state index contributed by atoms with van der Waals surface area (Å²) < 4.78 is 0. The highest BCUT2D eigenvalue weighted by molar-refractivity contribution is 5.03. The van der Waals surface area contributed by atoms with Crippen LogP contribution in [0.2, 0.25) is 0 Å². The molecule has 0 aliphatic heterocycles. The van der Waals surface area contributed by atoms with Crippen molar-refractivity contribution < 1.29 is 0 Å². The van der Waals surface area contributed by atoms with E-state index in [9.17, 15) is 0 Å². The van der Waals surface area contributed by atoms with Crippen molar-refractivity contribution in [2.75, 3.05) is 0 Å². The van der Waals surface area contributed by atoms with Gasteiger partial charge in [-0.1, -0.05) is 31.4 Å². The first-order valence-corrected chi connectivity index (χ1v) is 5.27. The molecule has 1 aliphatic rings. The van der Waals surface area contributed by atoms with Crippen LogP contribution in [0.1, 0.15) is 44.9 Å². The number of aromatic amines is 1. The summed E-state index contributed by atoms with van der Waals surface area (Å²) in [6, 6.07) is 0. The molecule has 1 saturated carbocycles. The van der Waals surface area contributed by atoms with Crippen LogP contribution in [-0.4, -0.2) is 20.6 Å². The molecule has 0 amide bonds. The molecule has 0 radical (unpaired) electrons. The average Bonchev–Trinajstić information content (AvgIpc) is 2.71. The van der Waals surface area contributed by atoms with E-state index in [0.29, 0.717) is 11.7 Å². The Bertz CT molecular complexity index is 283. The van der Waals surface area contributed by atoms with E-state index >= 15 is 0 Å². The van der Waals surface area contributed by atoms with Crippen molar-refractivity contribution in [3.8, 4) is 0 Å². The third kappa shape index (κ3) is 1.64. The molecule has 3 N–H and O–H groups in total. The molecular formula is C9H17N5. The van der Waals surface area contributed by atoms with E-state index < -0.39 is 0 Å². The number of nitrogens with zero attached hydrogens (tertiary/aromatic N) is 3. The van der Waals surface area contributed by atoms with Gasteiger partial charge < -0.3 is 5.73 Å². The molecule has 1 aromatic heterocycles. The fraction of sp³-hybridized carbons (Fsp3) is 0.889. The van der Waals surface area contributed by atoms with Crippen LogP contribution in [0, 0.1) is 5.92 Å². The van der Waals surface area contributed by atoms with E-state index in [1.54, 1.807) is 0 Å². The van der Waals surface area contributed by atoms with Gasteiger partial charge in [-0.3, -0.25) is 0 Å². The zero-order valence-corrected chi connectivity index (χ0v) is 8.53. The minimum absolute atomic E-state index is 0.341. The van der Waals surface area contributed by atoms with Crippen LogP contribution in [0.15, 0.2) is 0 Å².